The van der Waals surface area contributed by atoms with E-state index in [9.17, 15) is 19.2 Å². The lowest BCUT2D eigenvalue weighted by molar-refractivity contribution is -0.133. The minimum atomic E-state index is -1.08. The van der Waals surface area contributed by atoms with Crippen LogP contribution in [0.2, 0.25) is 5.02 Å². The van der Waals surface area contributed by atoms with E-state index in [-0.39, 0.29) is 70.0 Å². The Hall–Kier alpha value is -6.26. The number of imide groups is 1. The van der Waals surface area contributed by atoms with Crippen LogP contribution in [0.3, 0.4) is 0 Å². The molecule has 17 heteroatoms. The number of aryl methyl sites for hydroxylation is 1. The molecule has 5 heterocycles. The zero-order valence-corrected chi connectivity index (χ0v) is 37.2. The topological polar surface area (TPSA) is 164 Å². The highest BCUT2D eigenvalue weighted by atomic mass is 35.5. The smallest absolute Gasteiger partial charge is 0.329 e. The summed E-state index contributed by atoms with van der Waals surface area (Å²) in [5.41, 5.74) is 7.40. The van der Waals surface area contributed by atoms with Crippen LogP contribution in [-0.2, 0) is 22.2 Å². The number of primary amides is 1. The first-order valence-corrected chi connectivity index (χ1v) is 22.4. The number of likely N-dealkylation sites (tertiary alicyclic amines) is 1. The van der Waals surface area contributed by atoms with Crippen molar-refractivity contribution in [3.8, 4) is 22.6 Å². The fraction of sp³-hybridized carbons (Fsp3) is 0.396. The van der Waals surface area contributed by atoms with E-state index in [1.807, 2.05) is 61.3 Å². The lowest BCUT2D eigenvalue weighted by Crippen LogP contribution is -2.51. The summed E-state index contributed by atoms with van der Waals surface area (Å²) in [5, 5.41) is 11.2. The molecular weight excluding hydrogens is 858 g/mol. The largest absolute Gasteiger partial charge is 0.494 e. The summed E-state index contributed by atoms with van der Waals surface area (Å²) in [6.07, 6.45) is 3.92. The van der Waals surface area contributed by atoms with Crippen LogP contribution in [0.1, 0.15) is 72.9 Å². The van der Waals surface area contributed by atoms with Gasteiger partial charge in [0.05, 0.1) is 23.2 Å². The van der Waals surface area contributed by atoms with E-state index in [1.54, 1.807) is 4.68 Å². The van der Waals surface area contributed by atoms with Crippen LogP contribution >= 0.6 is 11.6 Å². The molecule has 2 atom stereocenters. The van der Waals surface area contributed by atoms with Crippen LogP contribution in [0, 0.1) is 17.6 Å². The fourth-order valence-electron chi connectivity index (χ4n) is 10.2. The number of fused-ring (bicyclic) bond motifs is 2. The molecule has 0 saturated carbocycles. The number of rotatable bonds is 11. The quantitative estimate of drug-likeness (QED) is 0.127. The van der Waals surface area contributed by atoms with Gasteiger partial charge in [0.1, 0.15) is 11.6 Å². The lowest BCUT2D eigenvalue weighted by atomic mass is 9.77. The Morgan fingerprint density at radius 1 is 0.985 bits per heavy atom. The van der Waals surface area contributed by atoms with E-state index in [0.29, 0.717) is 37.4 Å². The lowest BCUT2D eigenvalue weighted by Gasteiger charge is -2.38. The number of nitrogens with one attached hydrogen (secondary N) is 2. The molecule has 0 aliphatic carbocycles. The normalized spacial score (nSPS) is 20.5. The Morgan fingerprint density at radius 3 is 2.42 bits per heavy atom. The summed E-state index contributed by atoms with van der Waals surface area (Å²) in [6.45, 7) is 5.33. The molecule has 14 nitrogen and oxygen atoms in total. The van der Waals surface area contributed by atoms with E-state index in [4.69, 9.17) is 26.8 Å². The van der Waals surface area contributed by atoms with Crippen molar-refractivity contribution in [1.82, 2.24) is 25.3 Å². The maximum atomic E-state index is 16.2. The number of halogens is 3. The van der Waals surface area contributed by atoms with Gasteiger partial charge in [0.2, 0.25) is 17.7 Å². The first-order chi connectivity index (χ1) is 31.3. The number of hydrogen-bond acceptors (Lipinski definition) is 9. The van der Waals surface area contributed by atoms with Crippen LogP contribution in [-0.4, -0.2) is 90.9 Å². The summed E-state index contributed by atoms with van der Waals surface area (Å²) in [4.78, 5) is 56.4. The third kappa shape index (κ3) is 8.00. The molecule has 5 aromatic rings. The third-order valence-electron chi connectivity index (χ3n) is 13.8. The minimum absolute atomic E-state index is 0.0125. The first kappa shape index (κ1) is 44.0. The number of nitrogens with zero attached hydrogens (tertiary/aromatic N) is 5. The highest BCUT2D eigenvalue weighted by Crippen LogP contribution is 2.56. The minimum Gasteiger partial charge on any atom is -0.494 e. The number of aromatic nitrogens is 2. The molecule has 1 aromatic heterocycles. The van der Waals surface area contributed by atoms with Crippen molar-refractivity contribution < 1.29 is 37.4 Å². The highest BCUT2D eigenvalue weighted by Gasteiger charge is 2.50. The van der Waals surface area contributed by atoms with E-state index in [2.05, 4.69) is 26.7 Å². The van der Waals surface area contributed by atoms with Gasteiger partial charge in [-0.1, -0.05) is 48.9 Å². The van der Waals surface area contributed by atoms with Gasteiger partial charge >= 0.3 is 6.03 Å². The van der Waals surface area contributed by atoms with Crippen molar-refractivity contribution in [3.05, 3.63) is 100 Å². The number of carbonyl (C=O) groups is 4. The van der Waals surface area contributed by atoms with Crippen molar-refractivity contribution in [1.29, 1.82) is 0 Å². The van der Waals surface area contributed by atoms with Gasteiger partial charge in [-0.15, -0.1) is 0 Å². The number of urea groups is 1. The van der Waals surface area contributed by atoms with Crippen LogP contribution in [0.4, 0.5) is 25.1 Å². The Kier molecular flexibility index (Phi) is 11.9. The maximum Gasteiger partial charge on any atom is 0.329 e. The SMILES string of the molecule is COc1ccc(C(N)=O)c(-c2c(Cl)c(F)cc3c2C(C)C(CNC2CCN(C(=O)CC4CCN(c5ccc6c(N7CCC(=O)NC7=O)nn(C)c6c5)CC4)CC2)(c2ccccc2)O3)c1F. The molecule has 5 amide bonds. The molecule has 340 valence electrons. The Bertz CT molecular complexity index is 2700. The van der Waals surface area contributed by atoms with Gasteiger partial charge in [-0.2, -0.15) is 5.10 Å². The van der Waals surface area contributed by atoms with Gasteiger partial charge in [0.15, 0.2) is 23.0 Å². The summed E-state index contributed by atoms with van der Waals surface area (Å²) in [6, 6.07) is 19.1. The van der Waals surface area contributed by atoms with Gasteiger partial charge in [0.25, 0.3) is 0 Å². The van der Waals surface area contributed by atoms with Gasteiger partial charge in [-0.25, -0.2) is 13.6 Å². The number of carbonyl (C=O) groups excluding carboxylic acids is 4. The van der Waals surface area contributed by atoms with Crippen LogP contribution in [0.25, 0.3) is 22.0 Å². The molecule has 0 bridgehead atoms. The Morgan fingerprint density at radius 2 is 1.72 bits per heavy atom. The Balaban J connectivity index is 0.837. The molecule has 4 aliphatic heterocycles. The molecule has 4 aliphatic rings. The molecule has 3 saturated heterocycles. The zero-order valence-electron chi connectivity index (χ0n) is 36.5. The standard InChI is InChI=1S/C48H51ClF2N8O6/c1-27-40-37(25-34(50)43(49)42(40)41-33(45(52)62)11-12-36(64-3)44(41)51)65-48(27,29-7-5-4-6-8-29)26-53-30-15-20-58(21-16-30)39(61)23-28-13-18-57(19-14-28)31-9-10-32-35(24-31)56(2)55-46(32)59-22-17-38(60)54-47(59)63/h4-12,24-25,27-28,30,53H,13-23,26H2,1-3H3,(H2,52,62)(H,54,60,63). The molecule has 3 fully saturated rings. The van der Waals surface area contributed by atoms with E-state index in [0.717, 1.165) is 60.9 Å². The van der Waals surface area contributed by atoms with Gasteiger partial charge < -0.3 is 30.3 Å². The number of hydrogen-bond donors (Lipinski definition) is 3. The molecule has 0 radical (unpaired) electrons. The molecule has 4 aromatic carbocycles. The predicted octanol–water partition coefficient (Wildman–Crippen LogP) is 7.00. The van der Waals surface area contributed by atoms with Gasteiger partial charge in [0, 0.05) is 105 Å². The van der Waals surface area contributed by atoms with Crippen molar-refractivity contribution >= 4 is 57.8 Å². The molecule has 4 N–H and O–H groups in total. The second kappa shape index (κ2) is 17.6. The van der Waals surface area contributed by atoms with Crippen molar-refractivity contribution in [2.24, 2.45) is 18.7 Å². The zero-order chi connectivity index (χ0) is 45.7. The summed E-state index contributed by atoms with van der Waals surface area (Å²) >= 11 is 6.68. The van der Waals surface area contributed by atoms with Crippen LogP contribution in [0.15, 0.2) is 66.7 Å². The summed E-state index contributed by atoms with van der Waals surface area (Å²) < 4.78 is 45.7. The van der Waals surface area contributed by atoms with Crippen LogP contribution in [0.5, 0.6) is 11.5 Å². The van der Waals surface area contributed by atoms with Gasteiger partial charge in [-0.05, 0) is 67.5 Å². The second-order valence-electron chi connectivity index (χ2n) is 17.5. The molecule has 9 rings (SSSR count). The second-order valence-corrected chi connectivity index (χ2v) is 17.9. The molecule has 65 heavy (non-hydrogen) atoms. The number of piperidine rings is 2. The number of benzene rings is 4. The number of nitrogens with two attached hydrogens (primary N) is 1. The summed E-state index contributed by atoms with van der Waals surface area (Å²) in [7, 11) is 3.14. The first-order valence-electron chi connectivity index (χ1n) is 22.0. The molecule has 2 unspecified atom stereocenters. The van der Waals surface area contributed by atoms with Gasteiger partial charge in [-0.3, -0.25) is 29.3 Å². The maximum absolute atomic E-state index is 16.2. The number of ether oxygens (including phenoxy) is 2. The number of methoxy groups -OCH3 is 1. The van der Waals surface area contributed by atoms with Crippen molar-refractivity contribution in [3.63, 3.8) is 0 Å². The van der Waals surface area contributed by atoms with E-state index < -0.39 is 35.1 Å². The van der Waals surface area contributed by atoms with Crippen molar-refractivity contribution in [2.45, 2.75) is 63.0 Å². The highest BCUT2D eigenvalue weighted by molar-refractivity contribution is 6.34. The molecular formula is C48H51ClF2N8O6. The monoisotopic (exact) mass is 908 g/mol. The predicted molar refractivity (Wildman–Crippen MR) is 242 cm³/mol. The number of anilines is 2. The average Bonchev–Trinajstić information content (AvgIpc) is 3.78. The van der Waals surface area contributed by atoms with Crippen molar-refractivity contribution in [2.75, 3.05) is 56.2 Å². The Labute approximate surface area is 379 Å². The van der Waals surface area contributed by atoms with Crippen LogP contribution < -0.4 is 35.6 Å². The van der Waals surface area contributed by atoms with E-state index >= 15 is 8.78 Å². The number of amides is 5. The average molecular weight is 909 g/mol. The third-order valence-corrected chi connectivity index (χ3v) is 14.2. The summed E-state index contributed by atoms with van der Waals surface area (Å²) in [5.74, 6) is -2.48. The molecule has 0 spiro atoms. The van der Waals surface area contributed by atoms with E-state index in [1.165, 1.54) is 30.2 Å². The fourth-order valence-corrected chi connectivity index (χ4v) is 10.4.